The summed E-state index contributed by atoms with van der Waals surface area (Å²) in [4.78, 5) is 53.1. The zero-order valence-electron chi connectivity index (χ0n) is 13.4. The summed E-state index contributed by atoms with van der Waals surface area (Å²) in [5.74, 6) is -1.82. The average Bonchev–Trinajstić information content (AvgIpc) is 3.40. The minimum absolute atomic E-state index is 0.120. The van der Waals surface area contributed by atoms with E-state index in [1.54, 1.807) is 0 Å². The molecule has 2 aliphatic heterocycles. The highest BCUT2D eigenvalue weighted by molar-refractivity contribution is 6.49. The van der Waals surface area contributed by atoms with Gasteiger partial charge in [-0.2, -0.15) is 0 Å². The van der Waals surface area contributed by atoms with Crippen LogP contribution in [0.3, 0.4) is 0 Å². The number of carbonyl (C=O) groups excluding carboxylic acids is 4. The Balaban J connectivity index is 1.28. The van der Waals surface area contributed by atoms with Crippen molar-refractivity contribution in [3.63, 3.8) is 0 Å². The van der Waals surface area contributed by atoms with E-state index >= 15 is 0 Å². The Labute approximate surface area is 145 Å². The number of carbonyl (C=O) groups is 4. The van der Waals surface area contributed by atoms with Gasteiger partial charge in [0.05, 0.1) is 23.7 Å². The maximum Gasteiger partial charge on any atom is 0.410 e. The minimum atomic E-state index is -0.316. The smallest absolute Gasteiger partial charge is 0.308 e. The molecule has 7 heteroatoms. The lowest BCUT2D eigenvalue weighted by Crippen LogP contribution is -2.49. The Bertz CT molecular complexity index is 694. The zero-order valence-corrected chi connectivity index (χ0v) is 13.4. The number of allylic oxidation sites excluding steroid dienone is 4. The van der Waals surface area contributed by atoms with E-state index in [-0.39, 0.29) is 71.0 Å². The summed E-state index contributed by atoms with van der Waals surface area (Å²) in [5.41, 5.74) is 0. The van der Waals surface area contributed by atoms with E-state index in [4.69, 9.17) is 0 Å². The van der Waals surface area contributed by atoms with Crippen LogP contribution in [0.15, 0.2) is 24.3 Å². The van der Waals surface area contributed by atoms with Crippen LogP contribution in [-0.2, 0) is 19.2 Å². The molecular weight excluding hydrogens is 319 g/mol. The fourth-order valence-corrected chi connectivity index (χ4v) is 6.19. The molecule has 2 saturated heterocycles. The van der Waals surface area contributed by atoms with Gasteiger partial charge in [-0.05, 0) is 36.5 Å². The Hall–Kier alpha value is -2.18. The summed E-state index contributed by atoms with van der Waals surface area (Å²) < 4.78 is 0. The number of fused-ring (bicyclic) bond motifs is 10. The minimum Gasteiger partial charge on any atom is -0.308 e. The van der Waals surface area contributed by atoms with Crippen molar-refractivity contribution >= 4 is 31.2 Å². The second kappa shape index (κ2) is 4.32. The largest absolute Gasteiger partial charge is 0.410 e. The standard InChI is InChI=1S/C18H16BN2O4/c22-15-11-7-1-2-8(5-7)12(11)16(23)20(15)19-21-17(24)13-9-3-4-10(6-9)14(13)18(21)25/h1-4,7-14H,5-6H2. The number of hydrogen-bond acceptors (Lipinski definition) is 4. The summed E-state index contributed by atoms with van der Waals surface area (Å²) in [7, 11) is 1.20. The molecule has 2 heterocycles. The van der Waals surface area contributed by atoms with Gasteiger partial charge >= 0.3 is 7.55 Å². The first-order valence-corrected chi connectivity index (χ1v) is 9.02. The third kappa shape index (κ3) is 1.49. The van der Waals surface area contributed by atoms with Crippen molar-refractivity contribution in [2.75, 3.05) is 0 Å². The first-order chi connectivity index (χ1) is 12.1. The van der Waals surface area contributed by atoms with Crippen LogP contribution in [0.25, 0.3) is 0 Å². The predicted octanol–water partition coefficient (Wildman–Crippen LogP) is 0.135. The summed E-state index contributed by atoms with van der Waals surface area (Å²) in [6.45, 7) is 0. The molecule has 0 spiro atoms. The second-order valence-corrected chi connectivity index (χ2v) is 8.21. The second-order valence-electron chi connectivity index (χ2n) is 8.21. The van der Waals surface area contributed by atoms with Gasteiger partial charge in [-0.15, -0.1) is 0 Å². The number of amides is 4. The first-order valence-electron chi connectivity index (χ1n) is 9.02. The monoisotopic (exact) mass is 335 g/mol. The molecule has 4 fully saturated rings. The van der Waals surface area contributed by atoms with Crippen molar-refractivity contribution in [3.8, 4) is 0 Å². The molecule has 6 rings (SSSR count). The van der Waals surface area contributed by atoms with Gasteiger partial charge in [0.15, 0.2) is 0 Å². The zero-order chi connectivity index (χ0) is 17.0. The van der Waals surface area contributed by atoms with Crippen LogP contribution in [0.5, 0.6) is 0 Å². The van der Waals surface area contributed by atoms with Crippen molar-refractivity contribution in [2.45, 2.75) is 12.8 Å². The molecular formula is C18H16BN2O4. The predicted molar refractivity (Wildman–Crippen MR) is 84.9 cm³/mol. The molecule has 8 unspecified atom stereocenters. The van der Waals surface area contributed by atoms with E-state index in [0.717, 1.165) is 22.5 Å². The Kier molecular flexibility index (Phi) is 2.42. The topological polar surface area (TPSA) is 74.8 Å². The molecule has 0 aromatic rings. The Morgan fingerprint density at radius 2 is 0.880 bits per heavy atom. The van der Waals surface area contributed by atoms with Crippen LogP contribution in [0, 0.1) is 47.3 Å². The van der Waals surface area contributed by atoms with Crippen molar-refractivity contribution < 1.29 is 19.2 Å². The number of rotatable bonds is 2. The lowest BCUT2D eigenvalue weighted by atomic mass is 9.85. The lowest BCUT2D eigenvalue weighted by molar-refractivity contribution is -0.137. The van der Waals surface area contributed by atoms with Crippen LogP contribution < -0.4 is 0 Å². The lowest BCUT2D eigenvalue weighted by Gasteiger charge is -2.22. The van der Waals surface area contributed by atoms with Gasteiger partial charge in [-0.25, -0.2) is 0 Å². The molecule has 0 aromatic carbocycles. The van der Waals surface area contributed by atoms with Crippen LogP contribution in [-0.4, -0.2) is 40.8 Å². The van der Waals surface area contributed by atoms with Crippen molar-refractivity contribution in [2.24, 2.45) is 47.3 Å². The fraction of sp³-hybridized carbons (Fsp3) is 0.556. The van der Waals surface area contributed by atoms with Gasteiger partial charge in [0, 0.05) is 0 Å². The van der Waals surface area contributed by atoms with Crippen molar-refractivity contribution in [1.29, 1.82) is 0 Å². The van der Waals surface area contributed by atoms with Crippen molar-refractivity contribution in [3.05, 3.63) is 24.3 Å². The molecule has 6 nitrogen and oxygen atoms in total. The van der Waals surface area contributed by atoms with E-state index in [1.165, 1.54) is 7.55 Å². The highest BCUT2D eigenvalue weighted by atomic mass is 16.2. The van der Waals surface area contributed by atoms with E-state index < -0.39 is 0 Å². The maximum absolute atomic E-state index is 12.8. The first kappa shape index (κ1) is 14.0. The normalized spacial score (nSPS) is 48.3. The molecule has 2 saturated carbocycles. The maximum atomic E-state index is 12.8. The van der Waals surface area contributed by atoms with Gasteiger partial charge in [0.1, 0.15) is 0 Å². The summed E-state index contributed by atoms with van der Waals surface area (Å²) in [5, 5.41) is 0. The third-order valence-electron chi connectivity index (χ3n) is 7.24. The number of imide groups is 2. The summed E-state index contributed by atoms with van der Waals surface area (Å²) >= 11 is 0. The van der Waals surface area contributed by atoms with Crippen molar-refractivity contribution in [1.82, 2.24) is 9.62 Å². The highest BCUT2D eigenvalue weighted by Gasteiger charge is 2.63. The highest BCUT2D eigenvalue weighted by Crippen LogP contribution is 2.54. The molecule has 25 heavy (non-hydrogen) atoms. The van der Waals surface area contributed by atoms with Gasteiger partial charge in [-0.1, -0.05) is 24.3 Å². The third-order valence-corrected chi connectivity index (χ3v) is 7.24. The molecule has 6 aliphatic rings. The average molecular weight is 335 g/mol. The van der Waals surface area contributed by atoms with Crippen LogP contribution in [0.2, 0.25) is 0 Å². The molecule has 125 valence electrons. The number of nitrogens with zero attached hydrogens (tertiary/aromatic N) is 2. The van der Waals surface area contributed by atoms with E-state index in [0.29, 0.717) is 0 Å². The van der Waals surface area contributed by atoms with Crippen LogP contribution in [0.1, 0.15) is 12.8 Å². The SMILES string of the molecule is O=C1C2C3C=CC(C3)C2C(=O)N1[B]N1C(=O)C2C3C=CC(C3)C2C1=O. The molecule has 8 atom stereocenters. The Morgan fingerprint density at radius 1 is 0.600 bits per heavy atom. The molecule has 1 radical (unpaired) electrons. The van der Waals surface area contributed by atoms with E-state index in [9.17, 15) is 19.2 Å². The fourth-order valence-electron chi connectivity index (χ4n) is 6.19. The Morgan fingerprint density at radius 3 is 1.16 bits per heavy atom. The quantitative estimate of drug-likeness (QED) is 0.409. The van der Waals surface area contributed by atoms with Gasteiger partial charge < -0.3 is 9.62 Å². The molecule has 4 aliphatic carbocycles. The van der Waals surface area contributed by atoms with E-state index in [2.05, 4.69) is 0 Å². The summed E-state index contributed by atoms with van der Waals surface area (Å²) in [6.07, 6.45) is 9.84. The molecule has 0 N–H and O–H groups in total. The molecule has 4 amide bonds. The van der Waals surface area contributed by atoms with Gasteiger partial charge in [-0.3, -0.25) is 19.2 Å². The molecule has 0 aromatic heterocycles. The van der Waals surface area contributed by atoms with Gasteiger partial charge in [0.25, 0.3) is 0 Å². The number of hydrogen-bond donors (Lipinski definition) is 0. The molecule has 4 bridgehead atoms. The summed E-state index contributed by atoms with van der Waals surface area (Å²) in [6, 6.07) is 0. The van der Waals surface area contributed by atoms with Crippen LogP contribution >= 0.6 is 0 Å². The van der Waals surface area contributed by atoms with Gasteiger partial charge in [0.2, 0.25) is 23.6 Å². The van der Waals surface area contributed by atoms with E-state index in [1.807, 2.05) is 24.3 Å². The van der Waals surface area contributed by atoms with Crippen LogP contribution in [0.4, 0.5) is 0 Å².